The van der Waals surface area contributed by atoms with Gasteiger partial charge in [-0.3, -0.25) is 4.79 Å². The second kappa shape index (κ2) is 5.14. The van der Waals surface area contributed by atoms with E-state index in [2.05, 4.69) is 15.5 Å². The lowest BCUT2D eigenvalue weighted by molar-refractivity contribution is -0.137. The zero-order chi connectivity index (χ0) is 13.1. The van der Waals surface area contributed by atoms with Crippen LogP contribution in [-0.2, 0) is 11.3 Å². The predicted octanol–water partition coefficient (Wildman–Crippen LogP) is 1.78. The minimum atomic E-state index is -0.890. The molecule has 0 saturated heterocycles. The van der Waals surface area contributed by atoms with Crippen molar-refractivity contribution in [2.75, 3.05) is 0 Å². The molecule has 2 aromatic rings. The van der Waals surface area contributed by atoms with Crippen LogP contribution in [0.3, 0.4) is 0 Å². The van der Waals surface area contributed by atoms with Gasteiger partial charge in [0.1, 0.15) is 0 Å². The highest BCUT2D eigenvalue weighted by Crippen LogP contribution is 2.23. The van der Waals surface area contributed by atoms with Gasteiger partial charge in [-0.2, -0.15) is 0 Å². The van der Waals surface area contributed by atoms with Crippen LogP contribution in [0.4, 0.5) is 0 Å². The first-order valence-corrected chi connectivity index (χ1v) is 5.70. The summed E-state index contributed by atoms with van der Waals surface area (Å²) in [5, 5.41) is 20.5. The van der Waals surface area contributed by atoms with E-state index >= 15 is 0 Å². The highest BCUT2D eigenvalue weighted by atomic mass is 35.5. The molecule has 0 amide bonds. The Bertz CT molecular complexity index is 582. The molecule has 1 aromatic heterocycles. The molecule has 0 aliphatic heterocycles. The van der Waals surface area contributed by atoms with Gasteiger partial charge in [0.15, 0.2) is 5.82 Å². The summed E-state index contributed by atoms with van der Waals surface area (Å²) in [5.74, 6) is -0.378. The Morgan fingerprint density at radius 1 is 1.50 bits per heavy atom. The fourth-order valence-corrected chi connectivity index (χ4v) is 1.68. The smallest absolute Gasteiger partial charge is 0.305 e. The van der Waals surface area contributed by atoms with Crippen LogP contribution in [0.2, 0.25) is 5.02 Å². The topological polar surface area (TPSA) is 80.9 Å². The molecule has 94 valence electrons. The molecule has 1 N–H and O–H groups in total. The lowest BCUT2D eigenvalue weighted by Gasteiger charge is -2.04. The summed E-state index contributed by atoms with van der Waals surface area (Å²) >= 11 is 6.04. The van der Waals surface area contributed by atoms with Crippen LogP contribution in [-0.4, -0.2) is 31.3 Å². The van der Waals surface area contributed by atoms with Crippen LogP contribution < -0.4 is 0 Å². The van der Waals surface area contributed by atoms with E-state index in [9.17, 15) is 4.79 Å². The van der Waals surface area contributed by atoms with Crippen molar-refractivity contribution >= 4 is 17.6 Å². The number of carbonyl (C=O) groups is 1. The second-order valence-electron chi connectivity index (χ2n) is 3.83. The summed E-state index contributed by atoms with van der Waals surface area (Å²) in [6.07, 6.45) is -0.0301. The first-order valence-electron chi connectivity index (χ1n) is 5.32. The van der Waals surface area contributed by atoms with E-state index in [1.54, 1.807) is 6.07 Å². The molecular weight excluding hydrogens is 256 g/mol. The number of aromatic nitrogens is 4. The number of carboxylic acid groups (broad SMARTS) is 1. The number of tetrazole rings is 1. The highest BCUT2D eigenvalue weighted by Gasteiger charge is 2.11. The summed E-state index contributed by atoms with van der Waals surface area (Å²) in [6, 6.07) is 5.48. The Hall–Kier alpha value is -1.95. The van der Waals surface area contributed by atoms with Crippen LogP contribution in [0, 0.1) is 6.92 Å². The van der Waals surface area contributed by atoms with Gasteiger partial charge < -0.3 is 5.11 Å². The van der Waals surface area contributed by atoms with Gasteiger partial charge in [-0.15, -0.1) is 5.10 Å². The molecule has 0 fully saturated rings. The molecule has 0 spiro atoms. The molecule has 0 atom stereocenters. The lowest BCUT2D eigenvalue weighted by Crippen LogP contribution is -2.07. The molecule has 1 heterocycles. The monoisotopic (exact) mass is 266 g/mol. The number of hydrogen-bond donors (Lipinski definition) is 1. The Labute approximate surface area is 108 Å². The maximum Gasteiger partial charge on any atom is 0.305 e. The molecular formula is C11H11ClN4O2. The van der Waals surface area contributed by atoms with Crippen LogP contribution in [0.15, 0.2) is 18.2 Å². The second-order valence-corrected chi connectivity index (χ2v) is 4.24. The molecule has 0 aliphatic carbocycles. The molecule has 0 radical (unpaired) electrons. The number of aliphatic carboxylic acids is 1. The number of benzene rings is 1. The quantitative estimate of drug-likeness (QED) is 0.912. The average molecular weight is 267 g/mol. The number of nitrogens with zero attached hydrogens (tertiary/aromatic N) is 4. The van der Waals surface area contributed by atoms with Crippen LogP contribution >= 0.6 is 11.6 Å². The summed E-state index contributed by atoms with van der Waals surface area (Å²) in [6.45, 7) is 2.13. The third-order valence-corrected chi connectivity index (χ3v) is 2.91. The van der Waals surface area contributed by atoms with E-state index in [1.165, 1.54) is 4.68 Å². The van der Waals surface area contributed by atoms with Crippen molar-refractivity contribution in [1.29, 1.82) is 0 Å². The average Bonchev–Trinajstić information content (AvgIpc) is 2.78. The third-order valence-electron chi connectivity index (χ3n) is 2.50. The van der Waals surface area contributed by atoms with Gasteiger partial charge >= 0.3 is 5.97 Å². The van der Waals surface area contributed by atoms with E-state index in [0.29, 0.717) is 10.8 Å². The van der Waals surface area contributed by atoms with E-state index in [0.717, 1.165) is 11.1 Å². The molecule has 6 nitrogen and oxygen atoms in total. The van der Waals surface area contributed by atoms with Crippen molar-refractivity contribution in [3.63, 3.8) is 0 Å². The first-order chi connectivity index (χ1) is 8.58. The number of hydrogen-bond acceptors (Lipinski definition) is 4. The van der Waals surface area contributed by atoms with E-state index in [1.807, 2.05) is 19.1 Å². The Morgan fingerprint density at radius 2 is 2.28 bits per heavy atom. The zero-order valence-corrected chi connectivity index (χ0v) is 10.4. The Morgan fingerprint density at radius 3 is 2.94 bits per heavy atom. The Balaban J connectivity index is 2.30. The van der Waals surface area contributed by atoms with Crippen molar-refractivity contribution in [2.45, 2.75) is 19.9 Å². The molecule has 2 rings (SSSR count). The van der Waals surface area contributed by atoms with Gasteiger partial charge in [-0.25, -0.2) is 4.68 Å². The molecule has 0 bridgehead atoms. The van der Waals surface area contributed by atoms with Crippen molar-refractivity contribution in [3.8, 4) is 11.4 Å². The Kier molecular flexibility index (Phi) is 3.57. The van der Waals surface area contributed by atoms with Crippen molar-refractivity contribution in [2.24, 2.45) is 0 Å². The van der Waals surface area contributed by atoms with Crippen molar-refractivity contribution in [1.82, 2.24) is 20.2 Å². The number of halogens is 1. The van der Waals surface area contributed by atoms with Gasteiger partial charge in [0.25, 0.3) is 0 Å². The van der Waals surface area contributed by atoms with Gasteiger partial charge in [0.2, 0.25) is 0 Å². The van der Waals surface area contributed by atoms with E-state index in [-0.39, 0.29) is 13.0 Å². The predicted molar refractivity (Wildman–Crippen MR) is 65.3 cm³/mol. The normalized spacial score (nSPS) is 10.6. The number of rotatable bonds is 4. The van der Waals surface area contributed by atoms with Gasteiger partial charge in [-0.05, 0) is 29.0 Å². The van der Waals surface area contributed by atoms with Gasteiger partial charge in [0, 0.05) is 10.6 Å². The van der Waals surface area contributed by atoms with Crippen LogP contribution in [0.25, 0.3) is 11.4 Å². The summed E-state index contributed by atoms with van der Waals surface area (Å²) < 4.78 is 1.45. The molecule has 18 heavy (non-hydrogen) atoms. The van der Waals surface area contributed by atoms with Crippen LogP contribution in [0.5, 0.6) is 0 Å². The third kappa shape index (κ3) is 2.65. The van der Waals surface area contributed by atoms with Gasteiger partial charge in [-0.1, -0.05) is 23.7 Å². The standard InChI is InChI=1S/C11H11ClN4O2/c1-7-2-3-8(6-9(7)12)11-13-14-15-16(11)5-4-10(17)18/h2-3,6H,4-5H2,1H3,(H,17,18). The SMILES string of the molecule is Cc1ccc(-c2nnnn2CCC(=O)O)cc1Cl. The van der Waals surface area contributed by atoms with E-state index < -0.39 is 5.97 Å². The largest absolute Gasteiger partial charge is 0.481 e. The lowest BCUT2D eigenvalue weighted by atomic mass is 10.1. The minimum absolute atomic E-state index is 0.0301. The summed E-state index contributed by atoms with van der Waals surface area (Å²) in [4.78, 5) is 10.5. The first kappa shape index (κ1) is 12.5. The summed E-state index contributed by atoms with van der Waals surface area (Å²) in [5.41, 5.74) is 1.73. The molecule has 1 aromatic carbocycles. The maximum atomic E-state index is 10.5. The minimum Gasteiger partial charge on any atom is -0.481 e. The van der Waals surface area contributed by atoms with E-state index in [4.69, 9.17) is 16.7 Å². The fourth-order valence-electron chi connectivity index (χ4n) is 1.50. The fraction of sp³-hybridized carbons (Fsp3) is 0.273. The number of carboxylic acids is 1. The maximum absolute atomic E-state index is 10.5. The van der Waals surface area contributed by atoms with Crippen molar-refractivity contribution < 1.29 is 9.90 Å². The molecule has 0 unspecified atom stereocenters. The van der Waals surface area contributed by atoms with Crippen molar-refractivity contribution in [3.05, 3.63) is 28.8 Å². The molecule has 7 heteroatoms. The van der Waals surface area contributed by atoms with Gasteiger partial charge in [0.05, 0.1) is 13.0 Å². The highest BCUT2D eigenvalue weighted by molar-refractivity contribution is 6.31. The zero-order valence-electron chi connectivity index (χ0n) is 9.67. The molecule has 0 aliphatic rings. The summed E-state index contributed by atoms with van der Waals surface area (Å²) in [7, 11) is 0. The molecule has 0 saturated carbocycles. The number of aryl methyl sites for hydroxylation is 2. The van der Waals surface area contributed by atoms with Crippen LogP contribution in [0.1, 0.15) is 12.0 Å².